The average Bonchev–Trinajstić information content (AvgIpc) is 2.35. The van der Waals surface area contributed by atoms with E-state index in [1.807, 2.05) is 0 Å². The van der Waals surface area contributed by atoms with Crippen molar-refractivity contribution in [3.8, 4) is 0 Å². The monoisotopic (exact) mass is 311 g/mol. The van der Waals surface area contributed by atoms with Crippen LogP contribution in [0.1, 0.15) is 57.2 Å². The van der Waals surface area contributed by atoms with Crippen LogP contribution in [0.4, 0.5) is 0 Å². The maximum absolute atomic E-state index is 3.72. The van der Waals surface area contributed by atoms with Crippen molar-refractivity contribution in [2.75, 3.05) is 6.54 Å². The Hall–Kier alpha value is -0.340. The zero-order valence-electron chi connectivity index (χ0n) is 12.1. The third-order valence-corrected chi connectivity index (χ3v) is 4.43. The molecule has 0 aromatic heterocycles. The highest BCUT2D eigenvalue weighted by Gasteiger charge is 2.20. The fourth-order valence-corrected chi connectivity index (χ4v) is 2.88. The van der Waals surface area contributed by atoms with E-state index in [4.69, 9.17) is 0 Å². The lowest BCUT2D eigenvalue weighted by Crippen LogP contribution is -2.28. The lowest BCUT2D eigenvalue weighted by Gasteiger charge is -2.27. The van der Waals surface area contributed by atoms with E-state index >= 15 is 0 Å². The van der Waals surface area contributed by atoms with Crippen LogP contribution in [-0.4, -0.2) is 6.54 Å². The first kappa shape index (κ1) is 15.7. The van der Waals surface area contributed by atoms with Crippen LogP contribution in [-0.2, 0) is 0 Å². The molecule has 18 heavy (non-hydrogen) atoms. The van der Waals surface area contributed by atoms with Crippen LogP contribution < -0.4 is 5.32 Å². The molecule has 0 fully saturated rings. The number of benzene rings is 1. The molecule has 0 radical (unpaired) electrons. The van der Waals surface area contributed by atoms with E-state index in [-0.39, 0.29) is 0 Å². The van der Waals surface area contributed by atoms with Crippen LogP contribution in [0.15, 0.2) is 22.7 Å². The van der Waals surface area contributed by atoms with E-state index in [9.17, 15) is 0 Å². The van der Waals surface area contributed by atoms with Gasteiger partial charge in [0.15, 0.2) is 0 Å². The number of hydrogen-bond acceptors (Lipinski definition) is 1. The third kappa shape index (κ3) is 4.10. The van der Waals surface area contributed by atoms with Gasteiger partial charge in [-0.05, 0) is 49.4 Å². The first-order valence-corrected chi connectivity index (χ1v) is 7.89. The highest BCUT2D eigenvalue weighted by Crippen LogP contribution is 2.31. The molecule has 0 heterocycles. The van der Waals surface area contributed by atoms with Crippen molar-refractivity contribution in [3.05, 3.63) is 33.8 Å². The maximum atomic E-state index is 3.72. The van der Waals surface area contributed by atoms with E-state index < -0.39 is 0 Å². The topological polar surface area (TPSA) is 12.0 Å². The lowest BCUT2D eigenvalue weighted by molar-refractivity contribution is 0.362. The molecule has 1 aromatic rings. The van der Waals surface area contributed by atoms with Gasteiger partial charge in [0.05, 0.1) is 0 Å². The predicted octanol–water partition coefficient (Wildman–Crippen LogP) is 5.23. The molecular weight excluding hydrogens is 286 g/mol. The van der Waals surface area contributed by atoms with Crippen LogP contribution >= 0.6 is 15.9 Å². The number of rotatable bonds is 7. The smallest absolute Gasteiger partial charge is 0.0349 e. The fraction of sp³-hybridized carbons (Fsp3) is 0.625. The van der Waals surface area contributed by atoms with Gasteiger partial charge in [-0.2, -0.15) is 0 Å². The Balaban J connectivity index is 2.97. The molecule has 0 aliphatic heterocycles. The molecular formula is C16H26BrN. The second-order valence-electron chi connectivity index (χ2n) is 5.15. The zero-order valence-corrected chi connectivity index (χ0v) is 13.7. The Kier molecular flexibility index (Phi) is 6.95. The summed E-state index contributed by atoms with van der Waals surface area (Å²) in [5, 5.41) is 3.72. The molecule has 1 nitrogen and oxygen atoms in total. The Morgan fingerprint density at radius 2 is 1.94 bits per heavy atom. The van der Waals surface area contributed by atoms with Crippen molar-refractivity contribution in [1.82, 2.24) is 5.32 Å². The molecule has 0 bridgehead atoms. The first-order valence-electron chi connectivity index (χ1n) is 7.10. The van der Waals surface area contributed by atoms with Gasteiger partial charge in [0.2, 0.25) is 0 Å². The quantitative estimate of drug-likeness (QED) is 0.726. The molecule has 0 aliphatic carbocycles. The molecule has 0 aliphatic rings. The standard InChI is InChI=1S/C16H26BrN/c1-5-8-12(3)16(18-11-6-2)14-9-7-10-15(17)13(14)4/h7,9-10,12,16,18H,5-6,8,11H2,1-4H3. The minimum atomic E-state index is 0.474. The van der Waals surface area contributed by atoms with Gasteiger partial charge in [-0.3, -0.25) is 0 Å². The zero-order chi connectivity index (χ0) is 13.5. The van der Waals surface area contributed by atoms with E-state index in [1.54, 1.807) is 0 Å². The number of hydrogen-bond donors (Lipinski definition) is 1. The summed E-state index contributed by atoms with van der Waals surface area (Å²) in [5.41, 5.74) is 2.81. The molecule has 2 atom stereocenters. The van der Waals surface area contributed by atoms with Crippen LogP contribution in [0.5, 0.6) is 0 Å². The van der Waals surface area contributed by atoms with E-state index in [0.29, 0.717) is 12.0 Å². The summed E-state index contributed by atoms with van der Waals surface area (Å²) in [4.78, 5) is 0. The molecule has 1 N–H and O–H groups in total. The van der Waals surface area contributed by atoms with Crippen molar-refractivity contribution in [1.29, 1.82) is 0 Å². The molecule has 0 amide bonds. The third-order valence-electron chi connectivity index (χ3n) is 3.57. The summed E-state index contributed by atoms with van der Waals surface area (Å²) in [6.07, 6.45) is 3.70. The van der Waals surface area contributed by atoms with Crippen molar-refractivity contribution in [2.24, 2.45) is 5.92 Å². The van der Waals surface area contributed by atoms with Crippen LogP contribution in [0, 0.1) is 12.8 Å². The highest BCUT2D eigenvalue weighted by molar-refractivity contribution is 9.10. The Morgan fingerprint density at radius 3 is 2.56 bits per heavy atom. The molecule has 2 heteroatoms. The minimum absolute atomic E-state index is 0.474. The van der Waals surface area contributed by atoms with E-state index in [2.05, 4.69) is 67.1 Å². The van der Waals surface area contributed by atoms with Crippen LogP contribution in [0.3, 0.4) is 0 Å². The molecule has 2 unspecified atom stereocenters. The lowest BCUT2D eigenvalue weighted by atomic mass is 9.88. The van der Waals surface area contributed by atoms with E-state index in [0.717, 1.165) is 6.54 Å². The Bertz CT molecular complexity index is 362. The molecule has 0 saturated heterocycles. The van der Waals surface area contributed by atoms with Gasteiger partial charge < -0.3 is 5.32 Å². The summed E-state index contributed by atoms with van der Waals surface area (Å²) in [6, 6.07) is 7.01. The Morgan fingerprint density at radius 1 is 1.22 bits per heavy atom. The van der Waals surface area contributed by atoms with Crippen LogP contribution in [0.2, 0.25) is 0 Å². The predicted molar refractivity (Wildman–Crippen MR) is 84.0 cm³/mol. The average molecular weight is 312 g/mol. The summed E-state index contributed by atoms with van der Waals surface area (Å²) < 4.78 is 1.21. The fourth-order valence-electron chi connectivity index (χ4n) is 2.50. The molecule has 1 rings (SSSR count). The van der Waals surface area contributed by atoms with Crippen molar-refractivity contribution in [3.63, 3.8) is 0 Å². The van der Waals surface area contributed by atoms with Gasteiger partial charge in [0, 0.05) is 10.5 Å². The van der Waals surface area contributed by atoms with Gasteiger partial charge in [-0.1, -0.05) is 55.3 Å². The normalized spacial score (nSPS) is 14.5. The van der Waals surface area contributed by atoms with Gasteiger partial charge in [0.25, 0.3) is 0 Å². The number of nitrogens with one attached hydrogen (secondary N) is 1. The van der Waals surface area contributed by atoms with Crippen molar-refractivity contribution >= 4 is 15.9 Å². The second kappa shape index (κ2) is 7.96. The summed E-state index contributed by atoms with van der Waals surface area (Å²) in [6.45, 7) is 10.1. The molecule has 1 aromatic carbocycles. The second-order valence-corrected chi connectivity index (χ2v) is 6.01. The van der Waals surface area contributed by atoms with Crippen molar-refractivity contribution < 1.29 is 0 Å². The SMILES string of the molecule is CCCNC(c1cccc(Br)c1C)C(C)CCC. The molecule has 102 valence electrons. The maximum Gasteiger partial charge on any atom is 0.0349 e. The van der Waals surface area contributed by atoms with Crippen molar-refractivity contribution in [2.45, 2.75) is 53.0 Å². The van der Waals surface area contributed by atoms with Gasteiger partial charge in [0.1, 0.15) is 0 Å². The Labute approximate surface area is 120 Å². The molecule has 0 spiro atoms. The highest BCUT2D eigenvalue weighted by atomic mass is 79.9. The minimum Gasteiger partial charge on any atom is -0.310 e. The number of halogens is 1. The van der Waals surface area contributed by atoms with Gasteiger partial charge >= 0.3 is 0 Å². The summed E-state index contributed by atoms with van der Waals surface area (Å²) >= 11 is 3.64. The van der Waals surface area contributed by atoms with Gasteiger partial charge in [-0.25, -0.2) is 0 Å². The van der Waals surface area contributed by atoms with Gasteiger partial charge in [-0.15, -0.1) is 0 Å². The first-order chi connectivity index (χ1) is 8.61. The van der Waals surface area contributed by atoms with Crippen LogP contribution in [0.25, 0.3) is 0 Å². The summed E-state index contributed by atoms with van der Waals surface area (Å²) in [5.74, 6) is 0.676. The molecule has 0 saturated carbocycles. The van der Waals surface area contributed by atoms with E-state index in [1.165, 1.54) is 34.9 Å². The largest absolute Gasteiger partial charge is 0.310 e. The summed E-state index contributed by atoms with van der Waals surface area (Å²) in [7, 11) is 0.